The second-order valence-corrected chi connectivity index (χ2v) is 4.18. The lowest BCUT2D eigenvalue weighted by molar-refractivity contribution is -0.388. The van der Waals surface area contributed by atoms with E-state index in [-0.39, 0.29) is 6.42 Å². The highest BCUT2D eigenvalue weighted by atomic mass is 19.4. The molecule has 2 nitrogen and oxygen atoms in total. The summed E-state index contributed by atoms with van der Waals surface area (Å²) in [5, 5.41) is 1.22. The molecule has 0 atom stereocenters. The third-order valence-corrected chi connectivity index (χ3v) is 2.50. The van der Waals surface area contributed by atoms with Crippen LogP contribution >= 0.6 is 0 Å². The van der Waals surface area contributed by atoms with E-state index in [0.717, 1.165) is 0 Å². The van der Waals surface area contributed by atoms with Crippen molar-refractivity contribution in [2.75, 3.05) is 6.54 Å². The second-order valence-electron chi connectivity index (χ2n) is 4.18. The number of nitrogens with one attached hydrogen (secondary N) is 1. The summed E-state index contributed by atoms with van der Waals surface area (Å²) in [4.78, 5) is 10.8. The maximum atomic E-state index is 13.0. The van der Waals surface area contributed by atoms with Crippen molar-refractivity contribution in [1.29, 1.82) is 0 Å². The first-order chi connectivity index (χ1) is 9.23. The minimum absolute atomic E-state index is 0.0829. The fourth-order valence-corrected chi connectivity index (χ4v) is 1.21. The Balaban J connectivity index is 5.15. The summed E-state index contributed by atoms with van der Waals surface area (Å²) in [6.07, 6.45) is -5.85. The van der Waals surface area contributed by atoms with Crippen LogP contribution in [0.2, 0.25) is 0 Å². The number of amides is 1. The lowest BCUT2D eigenvalue weighted by atomic mass is 10.0. The molecule has 21 heavy (non-hydrogen) atoms. The van der Waals surface area contributed by atoms with Crippen LogP contribution in [0.1, 0.15) is 26.2 Å². The number of carbonyl (C=O) groups excluding carboxylic acids is 1. The number of unbranched alkanes of at least 4 members (excludes halogenated alkanes) is 2. The molecule has 0 rings (SSSR count). The van der Waals surface area contributed by atoms with E-state index in [4.69, 9.17) is 0 Å². The summed E-state index contributed by atoms with van der Waals surface area (Å²) in [5.41, 5.74) is 0. The van der Waals surface area contributed by atoms with E-state index in [2.05, 4.69) is 0 Å². The average molecular weight is 333 g/mol. The molecule has 0 saturated heterocycles. The zero-order valence-corrected chi connectivity index (χ0v) is 10.6. The van der Waals surface area contributed by atoms with Crippen molar-refractivity contribution in [2.24, 2.45) is 0 Å². The Bertz CT molecular complexity index is 364. The van der Waals surface area contributed by atoms with Gasteiger partial charge in [0.05, 0.1) is 0 Å². The molecule has 0 aliphatic carbocycles. The Labute approximate surface area is 113 Å². The normalized spacial score (nSPS) is 14.2. The van der Waals surface area contributed by atoms with Gasteiger partial charge in [0.1, 0.15) is 0 Å². The van der Waals surface area contributed by atoms with Gasteiger partial charge in [-0.25, -0.2) is 0 Å². The summed E-state index contributed by atoms with van der Waals surface area (Å²) in [6, 6.07) is 0. The first kappa shape index (κ1) is 19.8. The predicted octanol–water partition coefficient (Wildman–Crippen LogP) is 3.76. The van der Waals surface area contributed by atoms with Crippen LogP contribution in [0.4, 0.5) is 39.5 Å². The zero-order chi connectivity index (χ0) is 17.1. The van der Waals surface area contributed by atoms with E-state index < -0.39 is 36.4 Å². The number of carbonyl (C=O) groups is 1. The molecule has 0 unspecified atom stereocenters. The molecule has 1 amide bonds. The smallest absolute Gasteiger partial charge is 0.351 e. The molecule has 0 aliphatic rings. The summed E-state index contributed by atoms with van der Waals surface area (Å²) in [7, 11) is 0. The third-order valence-electron chi connectivity index (χ3n) is 2.50. The molecule has 11 heteroatoms. The predicted molar refractivity (Wildman–Crippen MR) is 53.4 cm³/mol. The monoisotopic (exact) mass is 333 g/mol. The summed E-state index contributed by atoms with van der Waals surface area (Å²) < 4.78 is 112. The molecule has 126 valence electrons. The largest absolute Gasteiger partial charge is 0.460 e. The fourth-order valence-electron chi connectivity index (χ4n) is 1.21. The van der Waals surface area contributed by atoms with E-state index in [9.17, 15) is 44.3 Å². The SMILES string of the molecule is CCCCCNC(=O)C(F)(F)C(F)(F)C(F)(F)C(F)(F)F. The van der Waals surface area contributed by atoms with Crippen molar-refractivity contribution in [3.8, 4) is 0 Å². The van der Waals surface area contributed by atoms with Gasteiger partial charge in [0.25, 0.3) is 5.91 Å². The highest BCUT2D eigenvalue weighted by molar-refractivity contribution is 5.84. The quantitative estimate of drug-likeness (QED) is 0.558. The van der Waals surface area contributed by atoms with Gasteiger partial charge in [0, 0.05) is 6.54 Å². The Morgan fingerprint density at radius 1 is 0.857 bits per heavy atom. The maximum absolute atomic E-state index is 13.0. The van der Waals surface area contributed by atoms with Gasteiger partial charge in [-0.2, -0.15) is 39.5 Å². The van der Waals surface area contributed by atoms with E-state index in [0.29, 0.717) is 12.8 Å². The molecule has 0 aromatic rings. The lowest BCUT2D eigenvalue weighted by Gasteiger charge is -2.32. The lowest BCUT2D eigenvalue weighted by Crippen LogP contribution is -2.65. The van der Waals surface area contributed by atoms with Crippen LogP contribution in [0.3, 0.4) is 0 Å². The molecule has 0 fully saturated rings. The summed E-state index contributed by atoms with van der Waals surface area (Å²) >= 11 is 0. The van der Waals surface area contributed by atoms with Crippen molar-refractivity contribution in [2.45, 2.75) is 50.1 Å². The van der Waals surface area contributed by atoms with Gasteiger partial charge in [-0.05, 0) is 6.42 Å². The standard InChI is InChI=1S/C10H12F9NO/c1-2-3-4-5-20-6(21)7(11,12)8(13,14)9(15,16)10(17,18)19/h2-5H2,1H3,(H,20,21). The second kappa shape index (κ2) is 6.30. The molecular weight excluding hydrogens is 321 g/mol. The minimum atomic E-state index is -7.05. The molecule has 0 radical (unpaired) electrons. The van der Waals surface area contributed by atoms with E-state index in [1.54, 1.807) is 6.92 Å². The number of hydrogen-bond acceptors (Lipinski definition) is 1. The Hall–Kier alpha value is -1.16. The molecule has 0 bridgehead atoms. The zero-order valence-electron chi connectivity index (χ0n) is 10.6. The molecule has 0 aromatic heterocycles. The van der Waals surface area contributed by atoms with Crippen LogP contribution in [0, 0.1) is 0 Å². The highest BCUT2D eigenvalue weighted by Gasteiger charge is 2.83. The van der Waals surface area contributed by atoms with Crippen molar-refractivity contribution in [1.82, 2.24) is 5.32 Å². The van der Waals surface area contributed by atoms with Crippen molar-refractivity contribution in [3.63, 3.8) is 0 Å². The highest BCUT2D eigenvalue weighted by Crippen LogP contribution is 2.53. The number of rotatable bonds is 7. The summed E-state index contributed by atoms with van der Waals surface area (Å²) in [6.45, 7) is 1.14. The van der Waals surface area contributed by atoms with Gasteiger partial charge in [-0.15, -0.1) is 0 Å². The van der Waals surface area contributed by atoms with Crippen LogP contribution in [0.25, 0.3) is 0 Å². The molecule has 0 heterocycles. The summed E-state index contributed by atoms with van der Waals surface area (Å²) in [5.74, 6) is -23.1. The average Bonchev–Trinajstić information content (AvgIpc) is 2.32. The van der Waals surface area contributed by atoms with Crippen LogP contribution < -0.4 is 5.32 Å². The van der Waals surface area contributed by atoms with Gasteiger partial charge in [-0.1, -0.05) is 19.8 Å². The first-order valence-corrected chi connectivity index (χ1v) is 5.72. The van der Waals surface area contributed by atoms with Crippen molar-refractivity contribution < 1.29 is 44.3 Å². The van der Waals surface area contributed by atoms with Crippen LogP contribution in [0.15, 0.2) is 0 Å². The molecule has 1 N–H and O–H groups in total. The van der Waals surface area contributed by atoms with Gasteiger partial charge in [0.2, 0.25) is 0 Å². The molecule has 0 saturated carbocycles. The Morgan fingerprint density at radius 2 is 1.33 bits per heavy atom. The number of hydrogen-bond donors (Lipinski definition) is 1. The van der Waals surface area contributed by atoms with Crippen molar-refractivity contribution >= 4 is 5.91 Å². The fraction of sp³-hybridized carbons (Fsp3) is 0.900. The number of halogens is 9. The van der Waals surface area contributed by atoms with Gasteiger partial charge >= 0.3 is 23.9 Å². The minimum Gasteiger partial charge on any atom is -0.351 e. The Kier molecular flexibility index (Phi) is 5.96. The van der Waals surface area contributed by atoms with Crippen LogP contribution in [-0.2, 0) is 4.79 Å². The van der Waals surface area contributed by atoms with Gasteiger partial charge < -0.3 is 5.32 Å². The molecule has 0 spiro atoms. The van der Waals surface area contributed by atoms with Gasteiger partial charge in [0.15, 0.2) is 0 Å². The third kappa shape index (κ3) is 3.73. The van der Waals surface area contributed by atoms with Gasteiger partial charge in [-0.3, -0.25) is 4.79 Å². The van der Waals surface area contributed by atoms with E-state index in [1.807, 2.05) is 0 Å². The topological polar surface area (TPSA) is 29.1 Å². The van der Waals surface area contributed by atoms with E-state index in [1.165, 1.54) is 5.32 Å². The van der Waals surface area contributed by atoms with Crippen molar-refractivity contribution in [3.05, 3.63) is 0 Å². The number of alkyl halides is 9. The maximum Gasteiger partial charge on any atom is 0.460 e. The Morgan fingerprint density at radius 3 is 1.71 bits per heavy atom. The molecule has 0 aromatic carbocycles. The van der Waals surface area contributed by atoms with Crippen LogP contribution in [-0.4, -0.2) is 36.4 Å². The molecule has 0 aliphatic heterocycles. The van der Waals surface area contributed by atoms with Crippen LogP contribution in [0.5, 0.6) is 0 Å². The molecular formula is C10H12F9NO. The van der Waals surface area contributed by atoms with E-state index >= 15 is 0 Å². The first-order valence-electron chi connectivity index (χ1n) is 5.72.